The van der Waals surface area contributed by atoms with E-state index in [1.165, 1.54) is 17.4 Å². The van der Waals surface area contributed by atoms with Gasteiger partial charge in [-0.1, -0.05) is 18.2 Å². The van der Waals surface area contributed by atoms with Crippen LogP contribution < -0.4 is 10.6 Å². The molecule has 2 amide bonds. The molecule has 4 rings (SSSR count). The number of amides is 2. The van der Waals surface area contributed by atoms with Gasteiger partial charge in [0.15, 0.2) is 0 Å². The van der Waals surface area contributed by atoms with E-state index in [1.54, 1.807) is 17.8 Å². The Morgan fingerprint density at radius 2 is 1.97 bits per heavy atom. The summed E-state index contributed by atoms with van der Waals surface area (Å²) >= 11 is 3.12. The van der Waals surface area contributed by atoms with Gasteiger partial charge in [-0.15, -0.1) is 23.1 Å². The maximum absolute atomic E-state index is 12.8. The van der Waals surface area contributed by atoms with Gasteiger partial charge in [-0.3, -0.25) is 14.9 Å². The summed E-state index contributed by atoms with van der Waals surface area (Å²) in [6, 6.07) is 8.25. The second-order valence-corrected chi connectivity index (χ2v) is 10.0. The first-order valence-electron chi connectivity index (χ1n) is 9.94. The summed E-state index contributed by atoms with van der Waals surface area (Å²) in [5.74, 6) is 0.412. The lowest BCUT2D eigenvalue weighted by Gasteiger charge is -2.39. The van der Waals surface area contributed by atoms with E-state index in [4.69, 9.17) is 0 Å². The van der Waals surface area contributed by atoms with Crippen molar-refractivity contribution >= 4 is 34.9 Å². The Labute approximate surface area is 186 Å². The van der Waals surface area contributed by atoms with E-state index in [0.717, 1.165) is 29.9 Å². The molecule has 166 valence electrons. The Morgan fingerprint density at radius 1 is 1.19 bits per heavy atom. The summed E-state index contributed by atoms with van der Waals surface area (Å²) in [7, 11) is 0. The summed E-state index contributed by atoms with van der Waals surface area (Å²) in [4.78, 5) is 27.4. The Hall–Kier alpha value is -2.04. The molecule has 0 bridgehead atoms. The van der Waals surface area contributed by atoms with E-state index >= 15 is 0 Å². The molecule has 3 heterocycles. The van der Waals surface area contributed by atoms with Gasteiger partial charge in [0.25, 0.3) is 5.91 Å². The Bertz CT molecular complexity index is 942. The summed E-state index contributed by atoms with van der Waals surface area (Å²) in [6.07, 6.45) is -2.92. The molecule has 0 aliphatic carbocycles. The number of benzene rings is 1. The second-order valence-electron chi connectivity index (χ2n) is 7.69. The quantitative estimate of drug-likeness (QED) is 0.717. The van der Waals surface area contributed by atoms with Crippen molar-refractivity contribution in [3.05, 3.63) is 57.8 Å². The average Bonchev–Trinajstić information content (AvgIpc) is 3.43. The number of likely N-dealkylation sites (tertiary alicyclic amines) is 1. The normalized spacial score (nSPS) is 20.7. The third kappa shape index (κ3) is 5.07. The van der Waals surface area contributed by atoms with Crippen LogP contribution in [0.2, 0.25) is 0 Å². The third-order valence-corrected chi connectivity index (χ3v) is 8.03. The molecule has 0 radical (unpaired) electrons. The smallest absolute Gasteiger partial charge is 0.351 e. The highest BCUT2D eigenvalue weighted by Crippen LogP contribution is 2.39. The van der Waals surface area contributed by atoms with E-state index in [1.807, 2.05) is 22.4 Å². The highest BCUT2D eigenvalue weighted by molar-refractivity contribution is 8.01. The minimum absolute atomic E-state index is 0.0433. The first-order valence-corrected chi connectivity index (χ1v) is 11.8. The Kier molecular flexibility index (Phi) is 6.32. The van der Waals surface area contributed by atoms with Crippen LogP contribution in [-0.4, -0.2) is 46.5 Å². The molecule has 1 unspecified atom stereocenters. The fourth-order valence-corrected chi connectivity index (χ4v) is 5.98. The van der Waals surface area contributed by atoms with Crippen molar-refractivity contribution in [2.75, 3.05) is 18.8 Å². The number of carbonyl (C=O) groups excluding carboxylic acids is 2. The van der Waals surface area contributed by atoms with Gasteiger partial charge in [-0.05, 0) is 42.0 Å². The number of thiophene rings is 1. The first kappa shape index (κ1) is 22.2. The molecule has 1 atom stereocenters. The van der Waals surface area contributed by atoms with Gasteiger partial charge < -0.3 is 10.2 Å². The molecule has 2 N–H and O–H groups in total. The molecule has 10 heteroatoms. The fourth-order valence-electron chi connectivity index (χ4n) is 3.87. The van der Waals surface area contributed by atoms with Gasteiger partial charge in [-0.2, -0.15) is 13.2 Å². The highest BCUT2D eigenvalue weighted by atomic mass is 32.2. The number of nitrogens with one attached hydrogen (secondary N) is 2. The first-order chi connectivity index (χ1) is 14.8. The number of rotatable bonds is 4. The van der Waals surface area contributed by atoms with Crippen LogP contribution in [0.1, 0.15) is 33.6 Å². The van der Waals surface area contributed by atoms with Crippen LogP contribution in [0.25, 0.3) is 0 Å². The van der Waals surface area contributed by atoms with Crippen molar-refractivity contribution in [3.8, 4) is 0 Å². The van der Waals surface area contributed by atoms with Crippen LogP contribution in [0.4, 0.5) is 13.2 Å². The van der Waals surface area contributed by atoms with Gasteiger partial charge in [-0.25, -0.2) is 0 Å². The van der Waals surface area contributed by atoms with E-state index in [9.17, 15) is 22.8 Å². The number of carbonyl (C=O) groups is 2. The minimum atomic E-state index is -4.41. The lowest BCUT2D eigenvalue weighted by molar-refractivity contribution is -0.137. The Morgan fingerprint density at radius 3 is 2.65 bits per heavy atom. The number of piperidine rings is 1. The summed E-state index contributed by atoms with van der Waals surface area (Å²) < 4.78 is 38.5. The molecule has 31 heavy (non-hydrogen) atoms. The van der Waals surface area contributed by atoms with Crippen molar-refractivity contribution in [2.24, 2.45) is 0 Å². The molecule has 1 spiro atoms. The average molecular weight is 470 g/mol. The van der Waals surface area contributed by atoms with Crippen molar-refractivity contribution in [3.63, 3.8) is 0 Å². The van der Waals surface area contributed by atoms with Crippen LogP contribution >= 0.6 is 23.1 Å². The molecule has 0 saturated carbocycles. The van der Waals surface area contributed by atoms with Gasteiger partial charge in [0.2, 0.25) is 5.91 Å². The predicted molar refractivity (Wildman–Crippen MR) is 115 cm³/mol. The zero-order valence-electron chi connectivity index (χ0n) is 16.6. The molecule has 2 aliphatic rings. The third-order valence-electron chi connectivity index (χ3n) is 5.59. The number of hydrogen-bond acceptors (Lipinski definition) is 5. The zero-order valence-corrected chi connectivity index (χ0v) is 18.2. The second kappa shape index (κ2) is 8.84. The van der Waals surface area contributed by atoms with Gasteiger partial charge in [0.1, 0.15) is 0 Å². The molecule has 1 aromatic carbocycles. The Balaban J connectivity index is 1.28. The topological polar surface area (TPSA) is 61.4 Å². The minimum Gasteiger partial charge on any atom is -0.351 e. The largest absolute Gasteiger partial charge is 0.416 e. The van der Waals surface area contributed by atoms with Crippen LogP contribution in [-0.2, 0) is 17.5 Å². The monoisotopic (exact) mass is 469 g/mol. The van der Waals surface area contributed by atoms with Gasteiger partial charge >= 0.3 is 6.18 Å². The lowest BCUT2D eigenvalue weighted by atomic mass is 10.0. The number of alkyl halides is 3. The number of hydrogen-bond donors (Lipinski definition) is 2. The van der Waals surface area contributed by atoms with Crippen LogP contribution in [0.5, 0.6) is 0 Å². The summed E-state index contributed by atoms with van der Waals surface area (Å²) in [5.41, 5.74) is -0.319. The van der Waals surface area contributed by atoms with Crippen molar-refractivity contribution in [1.29, 1.82) is 0 Å². The van der Waals surface area contributed by atoms with Crippen molar-refractivity contribution in [2.45, 2.75) is 36.5 Å². The molecular formula is C21H22F3N3O2S2. The van der Waals surface area contributed by atoms with E-state index in [2.05, 4.69) is 10.6 Å². The zero-order chi connectivity index (χ0) is 22.1. The molecule has 2 saturated heterocycles. The molecule has 1 aromatic heterocycles. The van der Waals surface area contributed by atoms with E-state index < -0.39 is 17.8 Å². The summed E-state index contributed by atoms with van der Waals surface area (Å²) in [6.45, 7) is 1.28. The summed E-state index contributed by atoms with van der Waals surface area (Å²) in [5, 5.41) is 8.03. The van der Waals surface area contributed by atoms with Gasteiger partial charge in [0.05, 0.1) is 21.4 Å². The number of halogens is 3. The van der Waals surface area contributed by atoms with Crippen molar-refractivity contribution in [1.82, 2.24) is 15.5 Å². The lowest BCUT2D eigenvalue weighted by Crippen LogP contribution is -2.54. The number of nitrogens with zero attached hydrogens (tertiary/aromatic N) is 1. The molecule has 2 fully saturated rings. The van der Waals surface area contributed by atoms with Crippen LogP contribution in [0.3, 0.4) is 0 Å². The fraction of sp³-hybridized carbons (Fsp3) is 0.429. The highest BCUT2D eigenvalue weighted by Gasteiger charge is 2.44. The number of thioether (sulfide) groups is 1. The SMILES string of the molecule is O=C(NCc1cccc(C(F)(F)F)c1)C1CSC2(CCN(C(=O)c3cccs3)CC2)N1. The maximum Gasteiger partial charge on any atom is 0.416 e. The molecule has 2 aromatic rings. The standard InChI is InChI=1S/C21H22F3N3O2S2/c22-21(23,24)15-4-1-3-14(11-15)12-25-18(28)16-13-31-20(26-16)6-8-27(9-7-20)19(29)17-5-2-10-30-17/h1-5,10-11,16,26H,6-9,12-13H2,(H,25,28). The van der Waals surface area contributed by atoms with E-state index in [0.29, 0.717) is 24.4 Å². The van der Waals surface area contributed by atoms with Crippen molar-refractivity contribution < 1.29 is 22.8 Å². The molecule has 2 aliphatic heterocycles. The van der Waals surface area contributed by atoms with E-state index in [-0.39, 0.29) is 23.2 Å². The van der Waals surface area contributed by atoms with Crippen LogP contribution in [0.15, 0.2) is 41.8 Å². The predicted octanol–water partition coefficient (Wildman–Crippen LogP) is 3.72. The maximum atomic E-state index is 12.8. The van der Waals surface area contributed by atoms with Gasteiger partial charge in [0, 0.05) is 25.4 Å². The molecule has 5 nitrogen and oxygen atoms in total. The molecular weight excluding hydrogens is 447 g/mol. The van der Waals surface area contributed by atoms with Crippen LogP contribution in [0, 0.1) is 0 Å².